The summed E-state index contributed by atoms with van der Waals surface area (Å²) in [6.07, 6.45) is -1.09. The number of carboxylic acid groups (broad SMARTS) is 1. The summed E-state index contributed by atoms with van der Waals surface area (Å²) in [5.74, 6) is -3.04. The first kappa shape index (κ1) is 20.2. The minimum atomic E-state index is -1.12. The lowest BCUT2D eigenvalue weighted by Gasteiger charge is -2.29. The molecule has 0 unspecified atom stereocenters. The van der Waals surface area contributed by atoms with Gasteiger partial charge in [-0.2, -0.15) is 0 Å². The van der Waals surface area contributed by atoms with Crippen LogP contribution in [0.2, 0.25) is 5.02 Å². The van der Waals surface area contributed by atoms with Gasteiger partial charge in [-0.1, -0.05) is 54.1 Å². The van der Waals surface area contributed by atoms with Crippen molar-refractivity contribution in [3.63, 3.8) is 0 Å². The van der Waals surface area contributed by atoms with Crippen LogP contribution in [0.5, 0.6) is 0 Å². The minimum Gasteiger partial charge on any atom is -0.478 e. The molecule has 0 aliphatic carbocycles. The number of anilines is 2. The lowest BCUT2D eigenvalue weighted by atomic mass is 9.88. The lowest BCUT2D eigenvalue weighted by Crippen LogP contribution is -2.37. The molecule has 2 aliphatic rings. The molecule has 3 aromatic carbocycles. The van der Waals surface area contributed by atoms with E-state index in [1.165, 1.54) is 17.2 Å². The molecule has 32 heavy (non-hydrogen) atoms. The van der Waals surface area contributed by atoms with E-state index < -0.39 is 35.8 Å². The first-order chi connectivity index (χ1) is 15.5. The molecule has 2 fully saturated rings. The summed E-state index contributed by atoms with van der Waals surface area (Å²) in [5, 5.41) is 11.6. The van der Waals surface area contributed by atoms with Gasteiger partial charge in [-0.05, 0) is 42.0 Å². The largest absolute Gasteiger partial charge is 0.478 e. The van der Waals surface area contributed by atoms with Crippen LogP contribution in [0.3, 0.4) is 0 Å². The minimum absolute atomic E-state index is 0.0455. The number of hydrogen-bond donors (Lipinski definition) is 1. The Hall–Kier alpha value is -3.68. The van der Waals surface area contributed by atoms with Crippen molar-refractivity contribution in [2.24, 2.45) is 5.92 Å². The molecule has 0 bridgehead atoms. The highest BCUT2D eigenvalue weighted by molar-refractivity contribution is 6.31. The molecular formula is C24H17ClN2O5. The normalized spacial score (nSPS) is 22.3. The van der Waals surface area contributed by atoms with E-state index in [0.717, 1.165) is 4.90 Å². The summed E-state index contributed by atoms with van der Waals surface area (Å²) in [6.45, 7) is 0. The Morgan fingerprint density at radius 1 is 0.875 bits per heavy atom. The number of imide groups is 1. The third kappa shape index (κ3) is 3.14. The van der Waals surface area contributed by atoms with Gasteiger partial charge in [-0.3, -0.25) is 14.4 Å². The van der Waals surface area contributed by atoms with Crippen LogP contribution in [0.4, 0.5) is 11.4 Å². The van der Waals surface area contributed by atoms with Crippen LogP contribution in [-0.4, -0.2) is 29.0 Å². The molecule has 2 amide bonds. The number of para-hydroxylation sites is 1. The van der Waals surface area contributed by atoms with Gasteiger partial charge >= 0.3 is 5.97 Å². The van der Waals surface area contributed by atoms with Crippen LogP contribution in [0.1, 0.15) is 22.0 Å². The standard InChI is InChI=1S/C24H17ClN2O5/c25-14-7-6-10-16(13-14)26-22(28)19-20(17-11-4-5-12-18(17)24(30)31)27(32-21(19)23(26)29)15-8-2-1-3-9-15/h1-13,19-21H,(H,30,31)/t19-,20+,21-/m1/s1. The van der Waals surface area contributed by atoms with E-state index >= 15 is 0 Å². The number of aromatic carboxylic acids is 1. The molecule has 160 valence electrons. The Balaban J connectivity index is 1.64. The van der Waals surface area contributed by atoms with E-state index in [0.29, 0.717) is 22.0 Å². The van der Waals surface area contributed by atoms with Gasteiger partial charge in [0, 0.05) is 5.02 Å². The zero-order chi connectivity index (χ0) is 22.4. The second-order valence-electron chi connectivity index (χ2n) is 7.54. The second kappa shape index (κ2) is 7.78. The Labute approximate surface area is 188 Å². The SMILES string of the molecule is O=C(O)c1ccccc1[C@H]1[C@H]2C(=O)N(c3cccc(Cl)c3)C(=O)[C@@H]2ON1c1ccccc1. The van der Waals surface area contributed by atoms with Gasteiger partial charge < -0.3 is 5.11 Å². The summed E-state index contributed by atoms with van der Waals surface area (Å²) in [4.78, 5) is 45.9. The summed E-state index contributed by atoms with van der Waals surface area (Å²) in [6, 6.07) is 21.1. The monoisotopic (exact) mass is 448 g/mol. The smallest absolute Gasteiger partial charge is 0.336 e. The zero-order valence-corrected chi connectivity index (χ0v) is 17.3. The molecule has 0 spiro atoms. The molecule has 1 N–H and O–H groups in total. The molecule has 3 atom stereocenters. The fourth-order valence-electron chi connectivity index (χ4n) is 4.35. The van der Waals surface area contributed by atoms with Crippen molar-refractivity contribution >= 4 is 40.8 Å². The molecule has 2 aliphatic heterocycles. The van der Waals surface area contributed by atoms with Crippen molar-refractivity contribution in [3.8, 4) is 0 Å². The van der Waals surface area contributed by atoms with Gasteiger partial charge in [-0.25, -0.2) is 14.8 Å². The zero-order valence-electron chi connectivity index (χ0n) is 16.6. The number of halogens is 1. The maximum Gasteiger partial charge on any atom is 0.336 e. The average molecular weight is 449 g/mol. The molecule has 8 heteroatoms. The second-order valence-corrected chi connectivity index (χ2v) is 7.98. The summed E-state index contributed by atoms with van der Waals surface area (Å²) < 4.78 is 0. The average Bonchev–Trinajstić information content (AvgIpc) is 3.30. The van der Waals surface area contributed by atoms with Crippen molar-refractivity contribution in [1.29, 1.82) is 0 Å². The molecule has 5 rings (SSSR count). The quantitative estimate of drug-likeness (QED) is 0.605. The van der Waals surface area contributed by atoms with Crippen LogP contribution in [-0.2, 0) is 14.4 Å². The van der Waals surface area contributed by atoms with E-state index in [1.807, 2.05) is 6.07 Å². The molecule has 3 aromatic rings. The first-order valence-corrected chi connectivity index (χ1v) is 10.3. The van der Waals surface area contributed by atoms with Gasteiger partial charge in [0.1, 0.15) is 5.92 Å². The number of carbonyl (C=O) groups excluding carboxylic acids is 2. The number of benzene rings is 3. The summed E-state index contributed by atoms with van der Waals surface area (Å²) >= 11 is 6.07. The van der Waals surface area contributed by atoms with Crippen LogP contribution in [0.15, 0.2) is 78.9 Å². The number of hydroxylamine groups is 1. The van der Waals surface area contributed by atoms with E-state index in [2.05, 4.69) is 0 Å². The predicted molar refractivity (Wildman–Crippen MR) is 117 cm³/mol. The van der Waals surface area contributed by atoms with E-state index in [1.54, 1.807) is 60.7 Å². The molecule has 0 aromatic heterocycles. The number of rotatable bonds is 4. The van der Waals surface area contributed by atoms with Gasteiger partial charge in [0.05, 0.1) is 23.0 Å². The highest BCUT2D eigenvalue weighted by atomic mass is 35.5. The van der Waals surface area contributed by atoms with Crippen LogP contribution in [0, 0.1) is 5.92 Å². The van der Waals surface area contributed by atoms with Gasteiger partial charge in [0.15, 0.2) is 6.10 Å². The Morgan fingerprint density at radius 2 is 1.56 bits per heavy atom. The Bertz CT molecular complexity index is 1230. The number of fused-ring (bicyclic) bond motifs is 1. The number of amides is 2. The van der Waals surface area contributed by atoms with Gasteiger partial charge in [0.2, 0.25) is 5.91 Å². The molecule has 0 saturated carbocycles. The molecule has 7 nitrogen and oxygen atoms in total. The van der Waals surface area contributed by atoms with Crippen LogP contribution in [0.25, 0.3) is 0 Å². The third-order valence-electron chi connectivity index (χ3n) is 5.70. The highest BCUT2D eigenvalue weighted by Gasteiger charge is 2.60. The molecule has 2 heterocycles. The van der Waals surface area contributed by atoms with Gasteiger partial charge in [0.25, 0.3) is 5.91 Å². The summed E-state index contributed by atoms with van der Waals surface area (Å²) in [7, 11) is 0. The molecular weight excluding hydrogens is 432 g/mol. The van der Waals surface area contributed by atoms with Crippen molar-refractivity contribution in [2.45, 2.75) is 12.1 Å². The Morgan fingerprint density at radius 3 is 2.28 bits per heavy atom. The van der Waals surface area contributed by atoms with Crippen molar-refractivity contribution < 1.29 is 24.3 Å². The fourth-order valence-corrected chi connectivity index (χ4v) is 4.53. The van der Waals surface area contributed by atoms with Crippen molar-refractivity contribution in [1.82, 2.24) is 0 Å². The number of hydrogen-bond acceptors (Lipinski definition) is 5. The predicted octanol–water partition coefficient (Wildman–Crippen LogP) is 4.09. The van der Waals surface area contributed by atoms with Crippen molar-refractivity contribution in [2.75, 3.05) is 9.96 Å². The highest BCUT2D eigenvalue weighted by Crippen LogP contribution is 2.48. The molecule has 2 saturated heterocycles. The van der Waals surface area contributed by atoms with Gasteiger partial charge in [-0.15, -0.1) is 0 Å². The fraction of sp³-hybridized carbons (Fsp3) is 0.125. The Kier molecular flexibility index (Phi) is 4.92. The van der Waals surface area contributed by atoms with E-state index in [9.17, 15) is 19.5 Å². The third-order valence-corrected chi connectivity index (χ3v) is 5.94. The number of carbonyl (C=O) groups is 3. The van der Waals surface area contributed by atoms with E-state index in [-0.39, 0.29) is 5.56 Å². The van der Waals surface area contributed by atoms with Crippen LogP contribution < -0.4 is 9.96 Å². The van der Waals surface area contributed by atoms with E-state index in [4.69, 9.17) is 16.4 Å². The maximum atomic E-state index is 13.6. The molecule has 0 radical (unpaired) electrons. The maximum absolute atomic E-state index is 13.6. The van der Waals surface area contributed by atoms with Crippen LogP contribution >= 0.6 is 11.6 Å². The first-order valence-electron chi connectivity index (χ1n) is 9.94. The summed E-state index contributed by atoms with van der Waals surface area (Å²) in [5.41, 5.74) is 1.40. The number of nitrogens with zero attached hydrogens (tertiary/aromatic N) is 2. The number of carboxylic acids is 1. The van der Waals surface area contributed by atoms with Crippen molar-refractivity contribution in [3.05, 3.63) is 95.0 Å². The lowest BCUT2D eigenvalue weighted by molar-refractivity contribution is -0.126. The topological polar surface area (TPSA) is 87.2 Å².